The number of rotatable bonds is 4. The molecule has 0 radical (unpaired) electrons. The van der Waals surface area contributed by atoms with Crippen molar-refractivity contribution < 1.29 is 4.74 Å². The number of para-hydroxylation sites is 2. The molecule has 0 saturated heterocycles. The van der Waals surface area contributed by atoms with Gasteiger partial charge in [-0.2, -0.15) is 0 Å². The van der Waals surface area contributed by atoms with E-state index in [1.807, 2.05) is 11.3 Å². The van der Waals surface area contributed by atoms with Crippen LogP contribution in [-0.2, 0) is 10.8 Å². The third-order valence-corrected chi connectivity index (χ3v) is 16.5. The van der Waals surface area contributed by atoms with E-state index in [1.54, 1.807) is 11.8 Å². The van der Waals surface area contributed by atoms with Gasteiger partial charge in [-0.1, -0.05) is 175 Å². The van der Waals surface area contributed by atoms with E-state index in [9.17, 15) is 0 Å². The number of anilines is 5. The quantitative estimate of drug-likeness (QED) is 0.163. The summed E-state index contributed by atoms with van der Waals surface area (Å²) in [5.74, 6) is 1.78. The second-order valence-electron chi connectivity index (χ2n) is 20.5. The van der Waals surface area contributed by atoms with Gasteiger partial charge in [0.25, 0.3) is 0 Å². The van der Waals surface area contributed by atoms with Crippen LogP contribution in [0.2, 0.25) is 0 Å². The van der Waals surface area contributed by atoms with E-state index in [-0.39, 0.29) is 17.7 Å². The van der Waals surface area contributed by atoms with Crippen LogP contribution in [-0.4, -0.2) is 6.85 Å². The Bertz CT molecular complexity index is 3680. The first-order valence-electron chi connectivity index (χ1n) is 23.7. The van der Waals surface area contributed by atoms with Gasteiger partial charge in [-0.25, -0.2) is 0 Å². The summed E-state index contributed by atoms with van der Waals surface area (Å²) in [5, 5.41) is 2.57. The molecule has 0 saturated carbocycles. The number of hydrogen-bond acceptors (Lipinski definition) is 5. The SMILES string of the molecule is CC(C)(C)c1ccc(N2B3c4cc5c(cc4N(c4ccc(C(C)(C)C)cc4-c4ccccc4)c4cc6c(sc7ccccc76)c(c43)-c3ccccc32)Sc2ccccc2O5)c(-c2ccccc2)c1. The van der Waals surface area contributed by atoms with E-state index in [1.165, 1.54) is 92.7 Å². The lowest BCUT2D eigenvalue weighted by Crippen LogP contribution is -2.61. The van der Waals surface area contributed by atoms with E-state index < -0.39 is 0 Å². The van der Waals surface area contributed by atoms with Crippen molar-refractivity contribution in [3.8, 4) is 44.9 Å². The van der Waals surface area contributed by atoms with E-state index in [0.29, 0.717) is 0 Å². The fourth-order valence-electron chi connectivity index (χ4n) is 10.8. The van der Waals surface area contributed by atoms with Crippen LogP contribution >= 0.6 is 23.1 Å². The first-order valence-corrected chi connectivity index (χ1v) is 25.3. The first kappa shape index (κ1) is 41.2. The van der Waals surface area contributed by atoms with E-state index in [2.05, 4.69) is 239 Å². The lowest BCUT2D eigenvalue weighted by Gasteiger charge is -2.47. The van der Waals surface area contributed by atoms with Crippen molar-refractivity contribution in [3.05, 3.63) is 199 Å². The zero-order chi connectivity index (χ0) is 46.1. The summed E-state index contributed by atoms with van der Waals surface area (Å²) < 4.78 is 9.59. The molecule has 0 fully saturated rings. The Balaban J connectivity index is 1.19. The van der Waals surface area contributed by atoms with Gasteiger partial charge in [0.2, 0.25) is 0 Å². The van der Waals surface area contributed by atoms with Crippen LogP contribution < -0.4 is 25.4 Å². The predicted molar refractivity (Wildman–Crippen MR) is 292 cm³/mol. The Hall–Kier alpha value is -6.99. The molecule has 0 aliphatic carbocycles. The summed E-state index contributed by atoms with van der Waals surface area (Å²) in [6.07, 6.45) is 0. The molecular weight excluding hydrogens is 864 g/mol. The van der Waals surface area contributed by atoms with E-state index in [0.717, 1.165) is 32.7 Å². The number of nitrogens with zero attached hydrogens (tertiary/aromatic N) is 2. The van der Waals surface area contributed by atoms with E-state index in [4.69, 9.17) is 4.74 Å². The minimum atomic E-state index is -0.219. The first-order chi connectivity index (χ1) is 33.0. The molecule has 3 aliphatic heterocycles. The summed E-state index contributed by atoms with van der Waals surface area (Å²) in [4.78, 5) is 7.51. The fourth-order valence-corrected chi connectivity index (χ4v) is 13.0. The molecule has 0 unspecified atom stereocenters. The largest absolute Gasteiger partial charge is 0.455 e. The van der Waals surface area contributed by atoms with Crippen LogP contribution in [0.5, 0.6) is 11.5 Å². The molecular formula is C62H49BN2OS2. The van der Waals surface area contributed by atoms with Crippen molar-refractivity contribution >= 4 is 89.5 Å². The Morgan fingerprint density at radius 3 is 1.78 bits per heavy atom. The molecule has 0 spiro atoms. The van der Waals surface area contributed by atoms with Crippen molar-refractivity contribution in [2.24, 2.45) is 0 Å². The highest BCUT2D eigenvalue weighted by molar-refractivity contribution is 7.99. The van der Waals surface area contributed by atoms with Crippen LogP contribution in [0.25, 0.3) is 53.6 Å². The highest BCUT2D eigenvalue weighted by Gasteiger charge is 2.48. The normalized spacial score (nSPS) is 13.7. The molecule has 3 aliphatic rings. The molecule has 9 aromatic carbocycles. The van der Waals surface area contributed by atoms with Gasteiger partial charge in [-0.15, -0.1) is 11.3 Å². The average Bonchev–Trinajstić information content (AvgIpc) is 3.73. The van der Waals surface area contributed by atoms with Gasteiger partial charge in [0.15, 0.2) is 0 Å². The van der Waals surface area contributed by atoms with Crippen molar-refractivity contribution in [2.75, 3.05) is 9.71 Å². The Kier molecular flexibility index (Phi) is 9.25. The lowest BCUT2D eigenvalue weighted by atomic mass is 9.43. The zero-order valence-corrected chi connectivity index (χ0v) is 40.7. The number of ether oxygens (including phenoxy) is 1. The van der Waals surface area contributed by atoms with Crippen LogP contribution in [0.15, 0.2) is 198 Å². The maximum atomic E-state index is 6.97. The van der Waals surface area contributed by atoms with Crippen LogP contribution in [0, 0.1) is 0 Å². The topological polar surface area (TPSA) is 15.7 Å². The minimum Gasteiger partial charge on any atom is -0.455 e. The average molecular weight is 913 g/mol. The molecule has 0 amide bonds. The van der Waals surface area contributed by atoms with Crippen LogP contribution in [0.3, 0.4) is 0 Å². The molecule has 68 heavy (non-hydrogen) atoms. The number of hydrogen-bond donors (Lipinski definition) is 0. The fraction of sp³-hybridized carbons (Fsp3) is 0.129. The molecule has 0 N–H and O–H groups in total. The Morgan fingerprint density at radius 2 is 1.06 bits per heavy atom. The smallest absolute Gasteiger partial charge is 0.333 e. The third kappa shape index (κ3) is 6.41. The van der Waals surface area contributed by atoms with Crippen LogP contribution in [0.1, 0.15) is 52.7 Å². The maximum Gasteiger partial charge on any atom is 0.333 e. The lowest BCUT2D eigenvalue weighted by molar-refractivity contribution is 0.455. The molecule has 4 heterocycles. The van der Waals surface area contributed by atoms with Gasteiger partial charge in [0, 0.05) is 65.2 Å². The zero-order valence-electron chi connectivity index (χ0n) is 39.1. The standard InChI is InChI=1S/C62H49BN2OS2/c1-61(2,3)40-29-31-48(44(33-40)38-19-9-7-10-20-38)64-51-37-57-54(66-53-26-16-18-28-56(53)67-57)36-47(51)63-59-52(64)35-46-42-23-14-17-27-55(42)68-60(46)58(59)43-24-13-15-25-49(43)65(63)50-32-30-41(62(4,5)6)34-45(50)39-21-11-8-12-22-39/h7-37H,1-6H3. The summed E-state index contributed by atoms with van der Waals surface area (Å²) in [6.45, 7) is 13.7. The molecule has 6 heteroatoms. The molecule has 3 nitrogen and oxygen atoms in total. The Labute approximate surface area is 407 Å². The second-order valence-corrected chi connectivity index (χ2v) is 22.6. The van der Waals surface area contributed by atoms with Gasteiger partial charge in [-0.05, 0) is 111 Å². The van der Waals surface area contributed by atoms with Crippen molar-refractivity contribution in [1.29, 1.82) is 0 Å². The molecule has 10 aromatic rings. The number of thiophene rings is 1. The summed E-state index contributed by atoms with van der Waals surface area (Å²) in [5.41, 5.74) is 18.2. The molecule has 13 rings (SSSR count). The van der Waals surface area contributed by atoms with Crippen molar-refractivity contribution in [2.45, 2.75) is 62.2 Å². The molecule has 1 aromatic heterocycles. The van der Waals surface area contributed by atoms with Gasteiger partial charge in [0.1, 0.15) is 11.5 Å². The predicted octanol–water partition coefficient (Wildman–Crippen LogP) is 16.9. The highest BCUT2D eigenvalue weighted by Crippen LogP contribution is 2.56. The van der Waals surface area contributed by atoms with Gasteiger partial charge in [0.05, 0.1) is 15.5 Å². The van der Waals surface area contributed by atoms with E-state index >= 15 is 0 Å². The molecule has 0 bridgehead atoms. The van der Waals surface area contributed by atoms with Gasteiger partial charge < -0.3 is 14.4 Å². The minimum absolute atomic E-state index is 0.0459. The summed E-state index contributed by atoms with van der Waals surface area (Å²) >= 11 is 3.72. The summed E-state index contributed by atoms with van der Waals surface area (Å²) in [6, 6.07) is 70.3. The number of benzene rings is 9. The van der Waals surface area contributed by atoms with Crippen molar-refractivity contribution in [3.63, 3.8) is 0 Å². The van der Waals surface area contributed by atoms with Gasteiger partial charge in [-0.3, -0.25) is 0 Å². The van der Waals surface area contributed by atoms with Crippen LogP contribution in [0.4, 0.5) is 28.4 Å². The Morgan fingerprint density at radius 1 is 0.456 bits per heavy atom. The monoisotopic (exact) mass is 912 g/mol. The highest BCUT2D eigenvalue weighted by atomic mass is 32.2. The van der Waals surface area contributed by atoms with Crippen molar-refractivity contribution in [1.82, 2.24) is 0 Å². The third-order valence-electron chi connectivity index (χ3n) is 14.2. The van der Waals surface area contributed by atoms with Gasteiger partial charge >= 0.3 is 6.85 Å². The number of fused-ring (bicyclic) bond motifs is 10. The summed E-state index contributed by atoms with van der Waals surface area (Å²) in [7, 11) is 0. The molecule has 0 atom stereocenters. The molecule has 328 valence electrons. The second kappa shape index (κ2) is 15.3. The maximum absolute atomic E-state index is 6.97.